The summed E-state index contributed by atoms with van der Waals surface area (Å²) in [6.07, 6.45) is 0. The van der Waals surface area contributed by atoms with Gasteiger partial charge in [-0.3, -0.25) is 14.4 Å². The van der Waals surface area contributed by atoms with E-state index in [1.54, 1.807) is 32.0 Å². The normalized spacial score (nSPS) is 26.7. The number of hydrogen-bond acceptors (Lipinski definition) is 5. The van der Waals surface area contributed by atoms with Crippen molar-refractivity contribution in [3.8, 4) is 0 Å². The smallest absolute Gasteiger partial charge is 0.327 e. The van der Waals surface area contributed by atoms with Crippen LogP contribution in [-0.2, 0) is 19.2 Å². The number of aliphatic carboxylic acids is 2. The zero-order chi connectivity index (χ0) is 20.1. The average molecular weight is 457 g/mol. The molecular formula is C17H17BrN2O6S. The standard InChI is InChI=1S/C17H17BrN2O6S/c1-17(2)11(16(25)26)20-13(22)10(14(20)27-17)19-12(21)9(15(23)24)7-5-3-4-6-8(7)18/h3-6,9-11,14H,1-2H3,(H,19,21)(H,23,24)(H,25,26). The maximum atomic E-state index is 12.6. The number of benzene rings is 1. The summed E-state index contributed by atoms with van der Waals surface area (Å²) in [5.41, 5.74) is 0.272. The number of carboxylic acid groups (broad SMARTS) is 2. The van der Waals surface area contributed by atoms with Crippen molar-refractivity contribution in [3.05, 3.63) is 34.3 Å². The minimum atomic E-state index is -1.49. The molecule has 2 aliphatic rings. The lowest BCUT2D eigenvalue weighted by molar-refractivity contribution is -0.161. The van der Waals surface area contributed by atoms with Crippen molar-refractivity contribution in [2.75, 3.05) is 0 Å². The zero-order valence-corrected chi connectivity index (χ0v) is 16.8. The van der Waals surface area contributed by atoms with Crippen molar-refractivity contribution in [1.82, 2.24) is 10.2 Å². The number of fused-ring (bicyclic) bond motifs is 1. The number of nitrogens with zero attached hydrogens (tertiary/aromatic N) is 1. The van der Waals surface area contributed by atoms with Gasteiger partial charge in [-0.05, 0) is 25.5 Å². The molecule has 0 bridgehead atoms. The largest absolute Gasteiger partial charge is 0.480 e. The second-order valence-electron chi connectivity index (χ2n) is 6.88. The number of carboxylic acids is 2. The number of halogens is 1. The highest BCUT2D eigenvalue weighted by Crippen LogP contribution is 2.50. The Balaban J connectivity index is 1.81. The van der Waals surface area contributed by atoms with Crippen molar-refractivity contribution in [1.29, 1.82) is 0 Å². The van der Waals surface area contributed by atoms with Gasteiger partial charge in [0.1, 0.15) is 17.5 Å². The summed E-state index contributed by atoms with van der Waals surface area (Å²) in [6.45, 7) is 3.45. The highest BCUT2D eigenvalue weighted by molar-refractivity contribution is 9.10. The summed E-state index contributed by atoms with van der Waals surface area (Å²) < 4.78 is -0.253. The van der Waals surface area contributed by atoms with E-state index in [0.717, 1.165) is 0 Å². The molecule has 1 aromatic rings. The lowest BCUT2D eigenvalue weighted by atomic mass is 9.94. The van der Waals surface area contributed by atoms with Crippen LogP contribution in [0.1, 0.15) is 25.3 Å². The van der Waals surface area contributed by atoms with Gasteiger partial charge in [0.2, 0.25) is 11.8 Å². The average Bonchev–Trinajstić information content (AvgIpc) is 2.82. The van der Waals surface area contributed by atoms with Crippen LogP contribution in [0.3, 0.4) is 0 Å². The molecule has 3 rings (SSSR count). The topological polar surface area (TPSA) is 124 Å². The maximum absolute atomic E-state index is 12.6. The van der Waals surface area contributed by atoms with E-state index < -0.39 is 51.9 Å². The lowest BCUT2D eigenvalue weighted by Crippen LogP contribution is -2.71. The van der Waals surface area contributed by atoms with Crippen molar-refractivity contribution >= 4 is 51.4 Å². The van der Waals surface area contributed by atoms with E-state index in [0.29, 0.717) is 4.47 Å². The summed E-state index contributed by atoms with van der Waals surface area (Å²) >= 11 is 4.52. The number of thioether (sulfide) groups is 1. The Kier molecular flexibility index (Phi) is 4.98. The molecule has 4 atom stereocenters. The molecule has 0 spiro atoms. The van der Waals surface area contributed by atoms with E-state index in [9.17, 15) is 29.4 Å². The van der Waals surface area contributed by atoms with E-state index in [1.807, 2.05) is 0 Å². The van der Waals surface area contributed by atoms with E-state index in [4.69, 9.17) is 0 Å². The highest BCUT2D eigenvalue weighted by atomic mass is 79.9. The molecule has 0 radical (unpaired) electrons. The van der Waals surface area contributed by atoms with Crippen LogP contribution in [0, 0.1) is 0 Å². The van der Waals surface area contributed by atoms with E-state index in [-0.39, 0.29) is 5.56 Å². The molecule has 2 aliphatic heterocycles. The molecule has 0 saturated carbocycles. The van der Waals surface area contributed by atoms with Gasteiger partial charge < -0.3 is 20.4 Å². The molecule has 4 unspecified atom stereocenters. The third-order valence-electron chi connectivity index (χ3n) is 4.70. The fourth-order valence-electron chi connectivity index (χ4n) is 3.48. The van der Waals surface area contributed by atoms with Gasteiger partial charge >= 0.3 is 11.9 Å². The fraction of sp³-hybridized carbons (Fsp3) is 0.412. The molecule has 27 heavy (non-hydrogen) atoms. The van der Waals surface area contributed by atoms with E-state index >= 15 is 0 Å². The fourth-order valence-corrected chi connectivity index (χ4v) is 5.62. The first-order chi connectivity index (χ1) is 12.6. The second-order valence-corrected chi connectivity index (χ2v) is 9.50. The van der Waals surface area contributed by atoms with Crippen LogP contribution in [0.5, 0.6) is 0 Å². The van der Waals surface area contributed by atoms with Gasteiger partial charge in [0.05, 0.1) is 0 Å². The SMILES string of the molecule is CC1(C)SC2C(NC(=O)C(C(=O)O)c3ccccc3Br)C(=O)N2C1C(=O)O. The molecule has 144 valence electrons. The van der Waals surface area contributed by atoms with E-state index in [2.05, 4.69) is 21.2 Å². The van der Waals surface area contributed by atoms with Gasteiger partial charge in [-0.15, -0.1) is 11.8 Å². The number of carbonyl (C=O) groups excluding carboxylic acids is 2. The Bertz CT molecular complexity index is 844. The molecule has 2 fully saturated rings. The quantitative estimate of drug-likeness (QED) is 0.449. The van der Waals surface area contributed by atoms with Crippen LogP contribution >= 0.6 is 27.7 Å². The Hall–Kier alpha value is -2.07. The number of hydrogen-bond donors (Lipinski definition) is 3. The van der Waals surface area contributed by atoms with Gasteiger partial charge in [-0.2, -0.15) is 0 Å². The first kappa shape index (κ1) is 19.7. The van der Waals surface area contributed by atoms with Crippen LogP contribution in [0.2, 0.25) is 0 Å². The summed E-state index contributed by atoms with van der Waals surface area (Å²) in [7, 11) is 0. The monoisotopic (exact) mass is 456 g/mol. The number of β-lactam (4-membered cyclic amide) rings is 1. The predicted molar refractivity (Wildman–Crippen MR) is 100 cm³/mol. The highest BCUT2D eigenvalue weighted by Gasteiger charge is 2.64. The van der Waals surface area contributed by atoms with Crippen LogP contribution in [0.15, 0.2) is 28.7 Å². The first-order valence-corrected chi connectivity index (χ1v) is 9.74. The first-order valence-electron chi connectivity index (χ1n) is 8.06. The van der Waals surface area contributed by atoms with Crippen LogP contribution in [-0.4, -0.2) is 61.1 Å². The molecule has 10 heteroatoms. The Morgan fingerprint density at radius 2 is 1.89 bits per heavy atom. The molecule has 1 aromatic carbocycles. The molecule has 3 N–H and O–H groups in total. The number of rotatable bonds is 5. The van der Waals surface area contributed by atoms with Gasteiger partial charge in [0, 0.05) is 9.22 Å². The van der Waals surface area contributed by atoms with E-state index in [1.165, 1.54) is 22.7 Å². The third kappa shape index (κ3) is 3.20. The summed E-state index contributed by atoms with van der Waals surface area (Å²) in [6, 6.07) is 4.52. The van der Waals surface area contributed by atoms with Crippen molar-refractivity contribution < 1.29 is 29.4 Å². The van der Waals surface area contributed by atoms with Gasteiger partial charge in [-0.1, -0.05) is 34.1 Å². The predicted octanol–water partition coefficient (Wildman–Crippen LogP) is 1.25. The molecule has 8 nitrogen and oxygen atoms in total. The van der Waals surface area contributed by atoms with Crippen LogP contribution < -0.4 is 5.32 Å². The number of amides is 2. The maximum Gasteiger partial charge on any atom is 0.327 e. The molecular weight excluding hydrogens is 440 g/mol. The van der Waals surface area contributed by atoms with Crippen molar-refractivity contribution in [2.24, 2.45) is 0 Å². The Labute approximate surface area is 167 Å². The summed E-state index contributed by atoms with van der Waals surface area (Å²) in [4.78, 5) is 49.5. The van der Waals surface area contributed by atoms with Crippen molar-refractivity contribution in [3.63, 3.8) is 0 Å². The molecule has 2 amide bonds. The van der Waals surface area contributed by atoms with Crippen LogP contribution in [0.4, 0.5) is 0 Å². The molecule has 2 saturated heterocycles. The Morgan fingerprint density at radius 1 is 1.26 bits per heavy atom. The lowest BCUT2D eigenvalue weighted by Gasteiger charge is -2.43. The van der Waals surface area contributed by atoms with Gasteiger partial charge in [0.25, 0.3) is 0 Å². The van der Waals surface area contributed by atoms with Crippen LogP contribution in [0.25, 0.3) is 0 Å². The minimum absolute atomic E-state index is 0.272. The van der Waals surface area contributed by atoms with Crippen molar-refractivity contribution in [2.45, 2.75) is 42.0 Å². The minimum Gasteiger partial charge on any atom is -0.480 e. The number of carbonyl (C=O) groups is 4. The summed E-state index contributed by atoms with van der Waals surface area (Å²) in [5.74, 6) is -5.27. The molecule has 0 aliphatic carbocycles. The molecule has 2 heterocycles. The zero-order valence-electron chi connectivity index (χ0n) is 14.4. The third-order valence-corrected chi connectivity index (χ3v) is 6.99. The Morgan fingerprint density at radius 3 is 2.44 bits per heavy atom. The summed E-state index contributed by atoms with van der Waals surface area (Å²) in [5, 5.41) is 20.9. The number of nitrogens with one attached hydrogen (secondary N) is 1. The molecule has 0 aromatic heterocycles. The van der Waals surface area contributed by atoms with Gasteiger partial charge in [0.15, 0.2) is 5.92 Å². The second kappa shape index (κ2) is 6.83. The van der Waals surface area contributed by atoms with Gasteiger partial charge in [-0.25, -0.2) is 4.79 Å².